The van der Waals surface area contributed by atoms with Gasteiger partial charge in [0.25, 0.3) is 5.91 Å². The van der Waals surface area contributed by atoms with Crippen LogP contribution in [0.1, 0.15) is 10.4 Å². The van der Waals surface area contributed by atoms with Crippen molar-refractivity contribution in [3.8, 4) is 11.6 Å². The summed E-state index contributed by atoms with van der Waals surface area (Å²) >= 11 is 5.91. The number of nitrogen functional groups attached to an aromatic ring is 1. The van der Waals surface area contributed by atoms with Gasteiger partial charge in [-0.25, -0.2) is 4.98 Å². The number of rotatable bonds is 5. The number of benzene rings is 3. The zero-order chi connectivity index (χ0) is 20.2. The maximum Gasteiger partial charge on any atom is 0.269 e. The minimum Gasteiger partial charge on any atom is -0.437 e. The molecular weight excluding hydrogens is 390 g/mol. The topological polar surface area (TPSA) is 102 Å². The van der Waals surface area contributed by atoms with E-state index >= 15 is 0 Å². The van der Waals surface area contributed by atoms with Gasteiger partial charge < -0.3 is 10.5 Å². The van der Waals surface area contributed by atoms with E-state index in [4.69, 9.17) is 22.1 Å². The number of carbonyl (C=O) groups excluding carboxylic acids is 1. The standard InChI is InChI=1S/C21H16ClN5O2/c22-16-7-3-6-15(10-16)20(28)27-26-19-18(23)21(25-12-24-19)29-17-9-8-13-4-1-2-5-14(13)11-17/h1-12H,23H2,(H,27,28)(H,24,25,26). The smallest absolute Gasteiger partial charge is 0.269 e. The minimum atomic E-state index is -0.387. The molecule has 0 bridgehead atoms. The van der Waals surface area contributed by atoms with Crippen LogP contribution in [0.4, 0.5) is 11.5 Å². The molecule has 1 amide bonds. The molecule has 1 heterocycles. The van der Waals surface area contributed by atoms with Crippen LogP contribution in [-0.2, 0) is 0 Å². The molecule has 29 heavy (non-hydrogen) atoms. The quantitative estimate of drug-likeness (QED) is 0.425. The zero-order valence-electron chi connectivity index (χ0n) is 15.1. The van der Waals surface area contributed by atoms with E-state index in [1.807, 2.05) is 42.5 Å². The third-order valence-electron chi connectivity index (χ3n) is 4.16. The number of nitrogens with two attached hydrogens (primary N) is 1. The molecule has 4 N–H and O–H groups in total. The number of anilines is 2. The number of hydrogen-bond acceptors (Lipinski definition) is 6. The van der Waals surface area contributed by atoms with Crippen molar-refractivity contribution in [2.45, 2.75) is 0 Å². The van der Waals surface area contributed by atoms with Crippen LogP contribution in [0.2, 0.25) is 5.02 Å². The summed E-state index contributed by atoms with van der Waals surface area (Å²) in [7, 11) is 0. The predicted octanol–water partition coefficient (Wildman–Crippen LogP) is 4.41. The van der Waals surface area contributed by atoms with Crippen LogP contribution in [0, 0.1) is 0 Å². The minimum absolute atomic E-state index is 0.159. The van der Waals surface area contributed by atoms with Crippen LogP contribution in [0.3, 0.4) is 0 Å². The number of aromatic nitrogens is 2. The van der Waals surface area contributed by atoms with Gasteiger partial charge in [0.2, 0.25) is 5.88 Å². The highest BCUT2D eigenvalue weighted by molar-refractivity contribution is 6.30. The van der Waals surface area contributed by atoms with Crippen molar-refractivity contribution >= 4 is 39.8 Å². The van der Waals surface area contributed by atoms with Crippen LogP contribution in [0.15, 0.2) is 73.1 Å². The second kappa shape index (κ2) is 8.04. The fourth-order valence-electron chi connectivity index (χ4n) is 2.72. The highest BCUT2D eigenvalue weighted by Crippen LogP contribution is 2.30. The second-order valence-electron chi connectivity index (χ2n) is 6.14. The third kappa shape index (κ3) is 4.20. The Balaban J connectivity index is 1.50. The molecule has 4 aromatic rings. The average molecular weight is 406 g/mol. The van der Waals surface area contributed by atoms with Crippen molar-refractivity contribution in [3.05, 3.63) is 83.6 Å². The summed E-state index contributed by atoms with van der Waals surface area (Å²) < 4.78 is 5.82. The van der Waals surface area contributed by atoms with E-state index in [1.165, 1.54) is 6.33 Å². The van der Waals surface area contributed by atoms with E-state index in [-0.39, 0.29) is 23.3 Å². The van der Waals surface area contributed by atoms with Gasteiger partial charge in [0.05, 0.1) is 0 Å². The molecule has 0 spiro atoms. The molecule has 0 radical (unpaired) electrons. The molecule has 4 rings (SSSR count). The van der Waals surface area contributed by atoms with Crippen molar-refractivity contribution < 1.29 is 9.53 Å². The van der Waals surface area contributed by atoms with E-state index in [1.54, 1.807) is 24.3 Å². The highest BCUT2D eigenvalue weighted by atomic mass is 35.5. The maximum atomic E-state index is 12.2. The first kappa shape index (κ1) is 18.5. The Morgan fingerprint density at radius 2 is 1.79 bits per heavy atom. The number of fused-ring (bicyclic) bond motifs is 1. The summed E-state index contributed by atoms with van der Waals surface area (Å²) in [5.41, 5.74) is 11.9. The first-order chi connectivity index (χ1) is 14.1. The van der Waals surface area contributed by atoms with Crippen molar-refractivity contribution in [2.75, 3.05) is 11.2 Å². The van der Waals surface area contributed by atoms with Crippen molar-refractivity contribution in [3.63, 3.8) is 0 Å². The van der Waals surface area contributed by atoms with Crippen LogP contribution < -0.4 is 21.3 Å². The largest absolute Gasteiger partial charge is 0.437 e. The van der Waals surface area contributed by atoms with Crippen molar-refractivity contribution in [1.82, 2.24) is 15.4 Å². The lowest BCUT2D eigenvalue weighted by molar-refractivity contribution is 0.0962. The summed E-state index contributed by atoms with van der Waals surface area (Å²) in [5.74, 6) is 0.589. The maximum absolute atomic E-state index is 12.2. The first-order valence-electron chi connectivity index (χ1n) is 8.69. The summed E-state index contributed by atoms with van der Waals surface area (Å²) in [6.45, 7) is 0. The molecule has 7 nitrogen and oxygen atoms in total. The molecular formula is C21H16ClN5O2. The summed E-state index contributed by atoms with van der Waals surface area (Å²) in [4.78, 5) is 20.4. The molecule has 0 aliphatic carbocycles. The Hall–Kier alpha value is -3.84. The molecule has 0 saturated carbocycles. The van der Waals surface area contributed by atoms with Crippen molar-refractivity contribution in [2.24, 2.45) is 0 Å². The Morgan fingerprint density at radius 1 is 0.966 bits per heavy atom. The van der Waals surface area contributed by atoms with Crippen LogP contribution in [-0.4, -0.2) is 15.9 Å². The van der Waals surface area contributed by atoms with Crippen LogP contribution in [0.25, 0.3) is 10.8 Å². The second-order valence-corrected chi connectivity index (χ2v) is 6.58. The fourth-order valence-corrected chi connectivity index (χ4v) is 2.91. The summed E-state index contributed by atoms with van der Waals surface area (Å²) in [6, 6.07) is 20.2. The third-order valence-corrected chi connectivity index (χ3v) is 4.40. The Bertz CT molecular complexity index is 1200. The molecule has 0 aliphatic rings. The number of halogens is 1. The number of carbonyl (C=O) groups is 1. The van der Waals surface area contributed by atoms with E-state index in [2.05, 4.69) is 20.8 Å². The normalized spacial score (nSPS) is 10.5. The van der Waals surface area contributed by atoms with Gasteiger partial charge in [-0.15, -0.1) is 0 Å². The van der Waals surface area contributed by atoms with Crippen LogP contribution >= 0.6 is 11.6 Å². The number of hydrogen-bond donors (Lipinski definition) is 3. The number of nitrogens with zero attached hydrogens (tertiary/aromatic N) is 2. The SMILES string of the molecule is Nc1c(NNC(=O)c2cccc(Cl)c2)ncnc1Oc1ccc2ccccc2c1. The van der Waals surface area contributed by atoms with Crippen LogP contribution in [0.5, 0.6) is 11.6 Å². The van der Waals surface area contributed by atoms with Crippen molar-refractivity contribution in [1.29, 1.82) is 0 Å². The molecule has 0 aliphatic heterocycles. The Labute approximate surface area is 171 Å². The van der Waals surface area contributed by atoms with Gasteiger partial charge in [-0.3, -0.25) is 15.6 Å². The molecule has 0 fully saturated rings. The number of nitrogens with one attached hydrogen (secondary N) is 2. The van der Waals surface area contributed by atoms with E-state index < -0.39 is 0 Å². The monoisotopic (exact) mass is 405 g/mol. The zero-order valence-corrected chi connectivity index (χ0v) is 15.9. The predicted molar refractivity (Wildman–Crippen MR) is 113 cm³/mol. The van der Waals surface area contributed by atoms with Gasteiger partial charge in [-0.1, -0.05) is 48.0 Å². The lowest BCUT2D eigenvalue weighted by atomic mass is 10.1. The lowest BCUT2D eigenvalue weighted by Crippen LogP contribution is -2.30. The van der Waals surface area contributed by atoms with Gasteiger partial charge in [0, 0.05) is 10.6 Å². The Kier molecular flexibility index (Phi) is 5.13. The number of ether oxygens (including phenoxy) is 1. The summed E-state index contributed by atoms with van der Waals surface area (Å²) in [6.07, 6.45) is 1.29. The summed E-state index contributed by atoms with van der Waals surface area (Å²) in [5, 5.41) is 2.59. The van der Waals surface area contributed by atoms with Gasteiger partial charge in [-0.05, 0) is 41.1 Å². The first-order valence-corrected chi connectivity index (χ1v) is 9.07. The van der Waals surface area contributed by atoms with E-state index in [0.29, 0.717) is 16.3 Å². The molecule has 3 aromatic carbocycles. The molecule has 1 aromatic heterocycles. The molecule has 144 valence electrons. The Morgan fingerprint density at radius 3 is 2.62 bits per heavy atom. The van der Waals surface area contributed by atoms with E-state index in [0.717, 1.165) is 10.8 Å². The van der Waals surface area contributed by atoms with Gasteiger partial charge in [0.1, 0.15) is 17.8 Å². The fraction of sp³-hybridized carbons (Fsp3) is 0. The average Bonchev–Trinajstić information content (AvgIpc) is 2.74. The van der Waals surface area contributed by atoms with E-state index in [9.17, 15) is 4.79 Å². The number of amides is 1. The molecule has 8 heteroatoms. The molecule has 0 unspecified atom stereocenters. The highest BCUT2D eigenvalue weighted by Gasteiger charge is 2.12. The number of hydrazine groups is 1. The molecule has 0 saturated heterocycles. The lowest BCUT2D eigenvalue weighted by Gasteiger charge is -2.13. The molecule has 0 atom stereocenters. The van der Waals surface area contributed by atoms with Gasteiger partial charge >= 0.3 is 0 Å². The van der Waals surface area contributed by atoms with Gasteiger partial charge in [-0.2, -0.15) is 4.98 Å². The van der Waals surface area contributed by atoms with Gasteiger partial charge in [0.15, 0.2) is 5.82 Å².